The minimum absolute atomic E-state index is 0.241. The molecule has 0 spiro atoms. The molecule has 0 aliphatic heterocycles. The fraction of sp³-hybridized carbons (Fsp3) is 0.714. The average Bonchev–Trinajstić information content (AvgIpc) is 2.34. The highest BCUT2D eigenvalue weighted by atomic mass is 16.5. The standard InChI is InChI=1S/C14H24O5/c1-5-18-14(17)11(3)13(16)7-6-10(2)8-9-19-12(4)15/h8,11,13,16H,5-7,9H2,1-4H3/b10-8+/t11-,13-/m0/s1. The van der Waals surface area contributed by atoms with Crippen LogP contribution in [0.25, 0.3) is 0 Å². The van der Waals surface area contributed by atoms with Gasteiger partial charge in [0.15, 0.2) is 0 Å². The van der Waals surface area contributed by atoms with E-state index < -0.39 is 12.0 Å². The number of allylic oxidation sites excluding steroid dienone is 1. The number of esters is 2. The molecule has 0 aliphatic rings. The van der Waals surface area contributed by atoms with E-state index in [1.54, 1.807) is 19.9 Å². The summed E-state index contributed by atoms with van der Waals surface area (Å²) in [7, 11) is 0. The lowest BCUT2D eigenvalue weighted by molar-refractivity contribution is -0.151. The molecule has 0 radical (unpaired) electrons. The summed E-state index contributed by atoms with van der Waals surface area (Å²) >= 11 is 0. The van der Waals surface area contributed by atoms with Crippen LogP contribution in [0, 0.1) is 5.92 Å². The highest BCUT2D eigenvalue weighted by molar-refractivity contribution is 5.72. The summed E-state index contributed by atoms with van der Waals surface area (Å²) in [6.45, 7) is 7.20. The minimum atomic E-state index is -0.726. The van der Waals surface area contributed by atoms with Crippen LogP contribution in [0.2, 0.25) is 0 Å². The van der Waals surface area contributed by atoms with Crippen molar-refractivity contribution in [3.63, 3.8) is 0 Å². The number of hydrogen-bond acceptors (Lipinski definition) is 5. The smallest absolute Gasteiger partial charge is 0.311 e. The van der Waals surface area contributed by atoms with Gasteiger partial charge in [0, 0.05) is 6.92 Å². The normalized spacial score (nSPS) is 14.7. The number of carbonyl (C=O) groups excluding carboxylic acids is 2. The van der Waals surface area contributed by atoms with Crippen molar-refractivity contribution in [2.24, 2.45) is 5.92 Å². The molecule has 0 aromatic carbocycles. The van der Waals surface area contributed by atoms with Gasteiger partial charge in [-0.2, -0.15) is 0 Å². The Bertz CT molecular complexity index is 322. The van der Waals surface area contributed by atoms with Crippen LogP contribution in [0.4, 0.5) is 0 Å². The molecule has 5 nitrogen and oxygen atoms in total. The van der Waals surface area contributed by atoms with Gasteiger partial charge in [-0.05, 0) is 39.7 Å². The van der Waals surface area contributed by atoms with E-state index in [4.69, 9.17) is 9.47 Å². The second-order valence-electron chi connectivity index (χ2n) is 4.50. The second-order valence-corrected chi connectivity index (χ2v) is 4.50. The van der Waals surface area contributed by atoms with E-state index in [9.17, 15) is 14.7 Å². The van der Waals surface area contributed by atoms with Crippen LogP contribution in [0.1, 0.15) is 40.5 Å². The van der Waals surface area contributed by atoms with Gasteiger partial charge in [0.05, 0.1) is 18.6 Å². The molecule has 0 amide bonds. The first-order valence-electron chi connectivity index (χ1n) is 6.52. The largest absolute Gasteiger partial charge is 0.466 e. The number of aliphatic hydroxyl groups excluding tert-OH is 1. The fourth-order valence-corrected chi connectivity index (χ4v) is 1.46. The van der Waals surface area contributed by atoms with Gasteiger partial charge in [0.1, 0.15) is 6.61 Å². The van der Waals surface area contributed by atoms with Gasteiger partial charge in [-0.15, -0.1) is 0 Å². The van der Waals surface area contributed by atoms with E-state index in [-0.39, 0.29) is 18.5 Å². The van der Waals surface area contributed by atoms with E-state index in [0.717, 1.165) is 5.57 Å². The van der Waals surface area contributed by atoms with Crippen LogP contribution < -0.4 is 0 Å². The zero-order chi connectivity index (χ0) is 14.8. The van der Waals surface area contributed by atoms with Gasteiger partial charge in [-0.1, -0.05) is 5.57 Å². The summed E-state index contributed by atoms with van der Waals surface area (Å²) in [6.07, 6.45) is 2.19. The molecule has 0 fully saturated rings. The molecule has 0 bridgehead atoms. The Morgan fingerprint density at radius 1 is 1.26 bits per heavy atom. The molecule has 0 aromatic heterocycles. The van der Waals surface area contributed by atoms with Gasteiger partial charge in [0.2, 0.25) is 0 Å². The quantitative estimate of drug-likeness (QED) is 0.539. The van der Waals surface area contributed by atoms with Crippen molar-refractivity contribution in [2.45, 2.75) is 46.6 Å². The maximum absolute atomic E-state index is 11.4. The first-order chi connectivity index (χ1) is 8.88. The molecule has 0 unspecified atom stereocenters. The Hall–Kier alpha value is -1.36. The molecule has 0 saturated heterocycles. The van der Waals surface area contributed by atoms with E-state index in [1.165, 1.54) is 6.92 Å². The first-order valence-corrected chi connectivity index (χ1v) is 6.52. The average molecular weight is 272 g/mol. The third-order valence-corrected chi connectivity index (χ3v) is 2.79. The van der Waals surface area contributed by atoms with Crippen molar-refractivity contribution in [2.75, 3.05) is 13.2 Å². The fourth-order valence-electron chi connectivity index (χ4n) is 1.46. The lowest BCUT2D eigenvalue weighted by atomic mass is 9.98. The molecule has 0 saturated carbocycles. The highest BCUT2D eigenvalue weighted by Crippen LogP contribution is 2.14. The van der Waals surface area contributed by atoms with E-state index >= 15 is 0 Å². The second kappa shape index (κ2) is 9.55. The maximum atomic E-state index is 11.4. The van der Waals surface area contributed by atoms with Gasteiger partial charge in [-0.3, -0.25) is 9.59 Å². The van der Waals surface area contributed by atoms with Gasteiger partial charge >= 0.3 is 11.9 Å². The van der Waals surface area contributed by atoms with Crippen molar-refractivity contribution in [3.8, 4) is 0 Å². The van der Waals surface area contributed by atoms with Crippen molar-refractivity contribution in [3.05, 3.63) is 11.6 Å². The monoisotopic (exact) mass is 272 g/mol. The van der Waals surface area contributed by atoms with Gasteiger partial charge < -0.3 is 14.6 Å². The number of aliphatic hydroxyl groups is 1. The number of rotatable bonds is 8. The highest BCUT2D eigenvalue weighted by Gasteiger charge is 2.22. The molecule has 0 aliphatic carbocycles. The Kier molecular flexibility index (Phi) is 8.87. The maximum Gasteiger partial charge on any atom is 0.311 e. The summed E-state index contributed by atoms with van der Waals surface area (Å²) in [6, 6.07) is 0. The van der Waals surface area contributed by atoms with Crippen molar-refractivity contribution in [1.29, 1.82) is 0 Å². The molecular weight excluding hydrogens is 248 g/mol. The van der Waals surface area contributed by atoms with E-state index in [1.807, 2.05) is 6.92 Å². The molecule has 0 heterocycles. The van der Waals surface area contributed by atoms with Gasteiger partial charge in [0.25, 0.3) is 0 Å². The Balaban J connectivity index is 4.03. The van der Waals surface area contributed by atoms with Crippen LogP contribution in [0.5, 0.6) is 0 Å². The van der Waals surface area contributed by atoms with E-state index in [2.05, 4.69) is 0 Å². The predicted octanol–water partition coefficient (Wildman–Crippen LogP) is 1.84. The van der Waals surface area contributed by atoms with Crippen LogP contribution in [0.15, 0.2) is 11.6 Å². The number of ether oxygens (including phenoxy) is 2. The van der Waals surface area contributed by atoms with Crippen molar-refractivity contribution >= 4 is 11.9 Å². The predicted molar refractivity (Wildman–Crippen MR) is 71.4 cm³/mol. The first kappa shape index (κ1) is 17.6. The van der Waals surface area contributed by atoms with Crippen LogP contribution in [-0.4, -0.2) is 36.4 Å². The number of hydrogen-bond donors (Lipinski definition) is 1. The van der Waals surface area contributed by atoms with Crippen molar-refractivity contribution < 1.29 is 24.2 Å². The summed E-state index contributed by atoms with van der Waals surface area (Å²) in [5.41, 5.74) is 1.01. The lowest BCUT2D eigenvalue weighted by Crippen LogP contribution is -2.27. The summed E-state index contributed by atoms with van der Waals surface area (Å²) in [5.74, 6) is -1.22. The molecule has 0 rings (SSSR count). The third kappa shape index (κ3) is 8.37. The molecule has 2 atom stereocenters. The molecule has 1 N–H and O–H groups in total. The summed E-state index contributed by atoms with van der Waals surface area (Å²) in [5, 5.41) is 9.86. The zero-order valence-electron chi connectivity index (χ0n) is 12.1. The van der Waals surface area contributed by atoms with Crippen LogP contribution in [-0.2, 0) is 19.1 Å². The van der Waals surface area contributed by atoms with Gasteiger partial charge in [-0.25, -0.2) is 0 Å². The van der Waals surface area contributed by atoms with E-state index in [0.29, 0.717) is 19.4 Å². The third-order valence-electron chi connectivity index (χ3n) is 2.79. The lowest BCUT2D eigenvalue weighted by Gasteiger charge is -2.17. The van der Waals surface area contributed by atoms with Crippen molar-refractivity contribution in [1.82, 2.24) is 0 Å². The zero-order valence-corrected chi connectivity index (χ0v) is 12.1. The molecule has 5 heteroatoms. The molecule has 19 heavy (non-hydrogen) atoms. The Labute approximate surface area is 114 Å². The molecule has 110 valence electrons. The minimum Gasteiger partial charge on any atom is -0.466 e. The topological polar surface area (TPSA) is 72.8 Å². The molecular formula is C14H24O5. The summed E-state index contributed by atoms with van der Waals surface area (Å²) in [4.78, 5) is 22.0. The SMILES string of the molecule is CCOC(=O)[C@@H](C)[C@@H](O)CC/C(C)=C/COC(C)=O. The van der Waals surface area contributed by atoms with Crippen LogP contribution >= 0.6 is 0 Å². The Morgan fingerprint density at radius 3 is 2.42 bits per heavy atom. The molecule has 0 aromatic rings. The Morgan fingerprint density at radius 2 is 1.89 bits per heavy atom. The summed E-state index contributed by atoms with van der Waals surface area (Å²) < 4.78 is 9.64. The van der Waals surface area contributed by atoms with Crippen LogP contribution in [0.3, 0.4) is 0 Å². The number of carbonyl (C=O) groups is 2.